The Morgan fingerprint density at radius 1 is 1.17 bits per heavy atom. The van der Waals surface area contributed by atoms with E-state index in [1.54, 1.807) is 29.0 Å². The van der Waals surface area contributed by atoms with Gasteiger partial charge in [-0.25, -0.2) is 0 Å². The summed E-state index contributed by atoms with van der Waals surface area (Å²) in [5, 5.41) is 10.4. The summed E-state index contributed by atoms with van der Waals surface area (Å²) in [4.78, 5) is 61.0. The maximum Gasteiger partial charge on any atom is 0.313 e. The number of likely N-dealkylation sites (N-methyl/N-ethyl adjacent to an activating group) is 1. The van der Waals surface area contributed by atoms with Gasteiger partial charge in [-0.3, -0.25) is 19.2 Å². The zero-order valence-corrected chi connectivity index (χ0v) is 28.5. The van der Waals surface area contributed by atoms with Crippen LogP contribution in [-0.4, -0.2) is 100 Å². The van der Waals surface area contributed by atoms with Crippen LogP contribution in [0.3, 0.4) is 0 Å². The number of unbranched alkanes of at least 4 members (excludes halogenated alkanes) is 2. The Morgan fingerprint density at radius 3 is 2.51 bits per heavy atom. The van der Waals surface area contributed by atoms with Crippen LogP contribution in [0.15, 0.2) is 55.6 Å². The largest absolute Gasteiger partial charge is 0.455 e. The number of benzene rings is 1. The van der Waals surface area contributed by atoms with Gasteiger partial charge in [0.05, 0.1) is 36.6 Å². The zero-order chi connectivity index (χ0) is 34.3. The van der Waals surface area contributed by atoms with Gasteiger partial charge in [-0.15, -0.1) is 13.2 Å². The molecule has 0 saturated carbocycles. The van der Waals surface area contributed by atoms with Crippen molar-refractivity contribution >= 4 is 23.7 Å². The second kappa shape index (κ2) is 16.1. The van der Waals surface area contributed by atoms with Gasteiger partial charge in [0, 0.05) is 26.6 Å². The molecule has 0 aliphatic carbocycles. The van der Waals surface area contributed by atoms with Gasteiger partial charge in [-0.2, -0.15) is 0 Å². The van der Waals surface area contributed by atoms with E-state index in [1.807, 2.05) is 44.2 Å². The Bertz CT molecular complexity index is 1280. The number of allylic oxidation sites excluding steroid dienone is 1. The number of ether oxygens (including phenoxy) is 2. The predicted octanol–water partition coefficient (Wildman–Crippen LogP) is 4.43. The van der Waals surface area contributed by atoms with Gasteiger partial charge in [0.15, 0.2) is 0 Å². The lowest BCUT2D eigenvalue weighted by Gasteiger charge is -2.39. The van der Waals surface area contributed by atoms with Crippen LogP contribution in [0, 0.1) is 11.8 Å². The first-order valence-electron chi connectivity index (χ1n) is 17.2. The number of nitrogens with zero attached hydrogens (tertiary/aromatic N) is 3. The fraction of sp³-hybridized carbons (Fsp3) is 0.622. The smallest absolute Gasteiger partial charge is 0.313 e. The molecule has 10 heteroatoms. The van der Waals surface area contributed by atoms with Crippen LogP contribution >= 0.6 is 0 Å². The number of rotatable bonds is 18. The molecule has 8 atom stereocenters. The third kappa shape index (κ3) is 7.04. The van der Waals surface area contributed by atoms with Crippen LogP contribution in [0.25, 0.3) is 0 Å². The number of amides is 3. The van der Waals surface area contributed by atoms with E-state index in [4.69, 9.17) is 9.47 Å². The maximum atomic E-state index is 14.5. The molecule has 3 amide bonds. The summed E-state index contributed by atoms with van der Waals surface area (Å²) in [5.41, 5.74) is -0.484. The highest BCUT2D eigenvalue weighted by molar-refractivity contribution is 5.98. The number of carbonyl (C=O) groups excluding carboxylic acids is 4. The van der Waals surface area contributed by atoms with E-state index in [0.717, 1.165) is 24.8 Å². The molecule has 258 valence electrons. The molecule has 47 heavy (non-hydrogen) atoms. The number of likely N-dealkylation sites (tertiary alicyclic amines) is 1. The third-order valence-corrected chi connectivity index (χ3v) is 10.4. The molecular formula is C37H53N3O7. The number of fused-ring (bicyclic) bond motifs is 1. The van der Waals surface area contributed by atoms with Crippen molar-refractivity contribution in [1.82, 2.24) is 14.7 Å². The molecule has 3 fully saturated rings. The van der Waals surface area contributed by atoms with E-state index >= 15 is 0 Å². The van der Waals surface area contributed by atoms with Crippen molar-refractivity contribution in [2.24, 2.45) is 11.8 Å². The lowest BCUT2D eigenvalue weighted by molar-refractivity contribution is -0.165. The monoisotopic (exact) mass is 651 g/mol. The first kappa shape index (κ1) is 36.3. The first-order valence-corrected chi connectivity index (χ1v) is 17.2. The summed E-state index contributed by atoms with van der Waals surface area (Å²) in [6, 6.07) is 7.18. The molecule has 3 saturated heterocycles. The molecule has 3 aliphatic rings. The molecule has 1 aromatic carbocycles. The molecule has 1 spiro atoms. The van der Waals surface area contributed by atoms with Gasteiger partial charge >= 0.3 is 5.97 Å². The van der Waals surface area contributed by atoms with E-state index < -0.39 is 53.7 Å². The highest BCUT2D eigenvalue weighted by Gasteiger charge is 2.75. The minimum Gasteiger partial charge on any atom is -0.455 e. The minimum absolute atomic E-state index is 0.0998. The number of hydrogen-bond donors (Lipinski definition) is 1. The fourth-order valence-corrected chi connectivity index (χ4v) is 7.74. The standard InChI is InChI=1S/C37H53N3O7/c1-7-11-16-23-39(22-9-3)35(44)33-37-21-20-28(47-37)30(31(37)34(43)40(33)27(10-4)24-41)36(45)46-32(26-17-14-13-15-18-26)25(5)38(6)29(42)19-12-8-2/h8-9,13-15,17-18,25,27-28,30-33,41H,2-3,7,10-12,16,19-24H2,1,4-6H3/t25-,27-,28+,30-,31-,32+,33+,37-/m0/s1. The van der Waals surface area contributed by atoms with Crippen molar-refractivity contribution in [1.29, 1.82) is 0 Å². The highest BCUT2D eigenvalue weighted by Crippen LogP contribution is 2.59. The molecule has 0 radical (unpaired) electrons. The van der Waals surface area contributed by atoms with E-state index in [2.05, 4.69) is 20.1 Å². The lowest BCUT2D eigenvalue weighted by Crippen LogP contribution is -2.58. The quantitative estimate of drug-likeness (QED) is 0.142. The normalized spacial score (nSPS) is 26.3. The molecular weight excluding hydrogens is 598 g/mol. The molecule has 2 bridgehead atoms. The van der Waals surface area contributed by atoms with Gasteiger partial charge < -0.3 is 29.3 Å². The summed E-state index contributed by atoms with van der Waals surface area (Å²) in [6.45, 7) is 13.9. The van der Waals surface area contributed by atoms with Gasteiger partial charge in [-0.1, -0.05) is 69.2 Å². The summed E-state index contributed by atoms with van der Waals surface area (Å²) in [6.07, 6.45) is 6.95. The molecule has 3 heterocycles. The van der Waals surface area contributed by atoms with E-state index in [0.29, 0.717) is 38.8 Å². The van der Waals surface area contributed by atoms with Gasteiger partial charge in [0.25, 0.3) is 0 Å². The van der Waals surface area contributed by atoms with Crippen LogP contribution < -0.4 is 0 Å². The highest BCUT2D eigenvalue weighted by atomic mass is 16.6. The Morgan fingerprint density at radius 2 is 1.89 bits per heavy atom. The molecule has 0 aromatic heterocycles. The van der Waals surface area contributed by atoms with Crippen LogP contribution in [0.4, 0.5) is 0 Å². The van der Waals surface area contributed by atoms with Crippen LogP contribution in [0.2, 0.25) is 0 Å². The number of aliphatic hydroxyl groups is 1. The predicted molar refractivity (Wildman–Crippen MR) is 179 cm³/mol. The number of carbonyl (C=O) groups is 4. The average Bonchev–Trinajstić information content (AvgIpc) is 3.73. The van der Waals surface area contributed by atoms with Crippen molar-refractivity contribution < 1.29 is 33.8 Å². The average molecular weight is 652 g/mol. The second-order valence-corrected chi connectivity index (χ2v) is 13.2. The Balaban J connectivity index is 1.69. The number of aliphatic hydroxyl groups excluding tert-OH is 1. The summed E-state index contributed by atoms with van der Waals surface area (Å²) >= 11 is 0. The zero-order valence-electron chi connectivity index (χ0n) is 28.5. The number of hydrogen-bond acceptors (Lipinski definition) is 7. The van der Waals surface area contributed by atoms with Crippen molar-refractivity contribution in [2.75, 3.05) is 26.7 Å². The molecule has 4 rings (SSSR count). The lowest BCUT2D eigenvalue weighted by atomic mass is 9.70. The summed E-state index contributed by atoms with van der Waals surface area (Å²) in [7, 11) is 1.69. The summed E-state index contributed by atoms with van der Waals surface area (Å²) in [5.74, 6) is -3.14. The molecule has 0 unspecified atom stereocenters. The molecule has 10 nitrogen and oxygen atoms in total. The molecule has 1 aromatic rings. The molecule has 3 aliphatic heterocycles. The second-order valence-electron chi connectivity index (χ2n) is 13.2. The van der Waals surface area contributed by atoms with Crippen molar-refractivity contribution in [3.05, 3.63) is 61.2 Å². The Hall–Kier alpha value is -3.50. The molecule has 1 N–H and O–H groups in total. The van der Waals surface area contributed by atoms with Crippen LogP contribution in [-0.2, 0) is 28.7 Å². The number of esters is 1. The Labute approximate surface area is 279 Å². The van der Waals surface area contributed by atoms with Gasteiger partial charge in [0.1, 0.15) is 17.7 Å². The minimum atomic E-state index is -1.21. The SMILES string of the molecule is C=CCCC(=O)N(C)[C@@H](C)[C@@H](OC(=O)[C@@H]1[C@H]2C(=O)N([C@@H](CC)CO)[C@H](C(=O)N(CC=C)CCCCC)[C@]23CC[C@H]1O3)c1ccccc1. The topological polar surface area (TPSA) is 117 Å². The van der Waals surface area contributed by atoms with Crippen molar-refractivity contribution in [3.63, 3.8) is 0 Å². The van der Waals surface area contributed by atoms with Crippen molar-refractivity contribution in [2.45, 2.75) is 108 Å². The van der Waals surface area contributed by atoms with E-state index in [1.165, 1.54) is 4.90 Å². The van der Waals surface area contributed by atoms with Crippen LogP contribution in [0.5, 0.6) is 0 Å². The fourth-order valence-electron chi connectivity index (χ4n) is 7.74. The van der Waals surface area contributed by atoms with E-state index in [-0.39, 0.29) is 30.7 Å². The van der Waals surface area contributed by atoms with Crippen LogP contribution in [0.1, 0.15) is 83.8 Å². The third-order valence-electron chi connectivity index (χ3n) is 10.4. The van der Waals surface area contributed by atoms with Gasteiger partial charge in [-0.05, 0) is 44.6 Å². The maximum absolute atomic E-state index is 14.5. The van der Waals surface area contributed by atoms with E-state index in [9.17, 15) is 24.3 Å². The van der Waals surface area contributed by atoms with Crippen molar-refractivity contribution in [3.8, 4) is 0 Å². The summed E-state index contributed by atoms with van der Waals surface area (Å²) < 4.78 is 12.9. The van der Waals surface area contributed by atoms with Gasteiger partial charge in [0.2, 0.25) is 17.7 Å². The Kier molecular flexibility index (Phi) is 12.4. The first-order chi connectivity index (χ1) is 22.6.